The first-order chi connectivity index (χ1) is 8.33. The van der Waals surface area contributed by atoms with Gasteiger partial charge in [-0.05, 0) is 51.0 Å². The average molecular weight is 252 g/mol. The molecule has 0 aromatic carbocycles. The number of hydrogen-bond donors (Lipinski definition) is 1. The van der Waals surface area contributed by atoms with Gasteiger partial charge in [-0.15, -0.1) is 0 Å². The van der Waals surface area contributed by atoms with Gasteiger partial charge < -0.3 is 9.88 Å². The highest BCUT2D eigenvalue weighted by molar-refractivity contribution is 7.99. The third-order valence-corrected chi connectivity index (χ3v) is 4.98. The highest BCUT2D eigenvalue weighted by atomic mass is 32.2. The third-order valence-electron chi connectivity index (χ3n) is 3.84. The third kappa shape index (κ3) is 3.52. The summed E-state index contributed by atoms with van der Waals surface area (Å²) < 4.78 is 2.32. The van der Waals surface area contributed by atoms with Crippen LogP contribution in [0.5, 0.6) is 0 Å². The Bertz CT molecular complexity index is 327. The molecule has 0 amide bonds. The molecule has 0 unspecified atom stereocenters. The average Bonchev–Trinajstić information content (AvgIpc) is 2.84. The zero-order valence-electron chi connectivity index (χ0n) is 11.0. The van der Waals surface area contributed by atoms with E-state index in [1.165, 1.54) is 31.4 Å². The van der Waals surface area contributed by atoms with Crippen molar-refractivity contribution in [2.45, 2.75) is 57.0 Å². The predicted octanol–water partition coefficient (Wildman–Crippen LogP) is 3.27. The molecule has 1 N–H and O–H groups in total. The normalized spacial score (nSPS) is 25.1. The van der Waals surface area contributed by atoms with Crippen LogP contribution in [-0.2, 0) is 13.1 Å². The van der Waals surface area contributed by atoms with Crippen LogP contribution in [0, 0.1) is 0 Å². The van der Waals surface area contributed by atoms with E-state index in [1.54, 1.807) is 0 Å². The molecule has 1 aromatic rings. The van der Waals surface area contributed by atoms with Crippen molar-refractivity contribution in [3.63, 3.8) is 0 Å². The Hall–Kier alpha value is -0.410. The molecule has 1 aliphatic rings. The number of hydrogen-bond acceptors (Lipinski definition) is 2. The van der Waals surface area contributed by atoms with E-state index in [1.807, 2.05) is 11.8 Å². The molecular formula is C14H24N2S. The molecule has 0 bridgehead atoms. The van der Waals surface area contributed by atoms with Crippen molar-refractivity contribution in [3.8, 4) is 0 Å². The van der Waals surface area contributed by atoms with Gasteiger partial charge in [-0.25, -0.2) is 0 Å². The van der Waals surface area contributed by atoms with Gasteiger partial charge in [-0.1, -0.05) is 0 Å². The molecule has 3 heteroatoms. The van der Waals surface area contributed by atoms with E-state index in [0.29, 0.717) is 0 Å². The largest absolute Gasteiger partial charge is 0.351 e. The van der Waals surface area contributed by atoms with Gasteiger partial charge in [0.15, 0.2) is 0 Å². The molecule has 1 aliphatic carbocycles. The second-order valence-corrected chi connectivity index (χ2v) is 6.01. The van der Waals surface area contributed by atoms with Gasteiger partial charge in [0, 0.05) is 36.3 Å². The maximum atomic E-state index is 3.71. The molecule has 17 heavy (non-hydrogen) atoms. The maximum absolute atomic E-state index is 3.71. The standard InChI is InChI=1S/C14H24N2S/c1-3-16-10-4-5-13(16)11-15-12-6-8-14(17-2)9-7-12/h4-5,10,12,14-15H,3,6-9,11H2,1-2H3. The number of nitrogens with zero attached hydrogens (tertiary/aromatic N) is 1. The first kappa shape index (κ1) is 13.0. The zero-order chi connectivity index (χ0) is 12.1. The van der Waals surface area contributed by atoms with Gasteiger partial charge >= 0.3 is 0 Å². The van der Waals surface area contributed by atoms with Crippen LogP contribution in [0.3, 0.4) is 0 Å². The molecule has 1 fully saturated rings. The summed E-state index contributed by atoms with van der Waals surface area (Å²) in [4.78, 5) is 0. The second kappa shape index (κ2) is 6.50. The Morgan fingerprint density at radius 1 is 1.35 bits per heavy atom. The summed E-state index contributed by atoms with van der Waals surface area (Å²) in [6.45, 7) is 4.30. The minimum atomic E-state index is 0.735. The molecule has 0 aliphatic heterocycles. The Morgan fingerprint density at radius 2 is 2.12 bits per heavy atom. The number of thioether (sulfide) groups is 1. The van der Waals surface area contributed by atoms with Crippen LogP contribution in [0.1, 0.15) is 38.3 Å². The maximum Gasteiger partial charge on any atom is 0.0361 e. The van der Waals surface area contributed by atoms with Crippen molar-refractivity contribution in [1.29, 1.82) is 0 Å². The highest BCUT2D eigenvalue weighted by Gasteiger charge is 2.19. The Morgan fingerprint density at radius 3 is 2.76 bits per heavy atom. The van der Waals surface area contributed by atoms with Crippen molar-refractivity contribution < 1.29 is 0 Å². The van der Waals surface area contributed by atoms with Crippen molar-refractivity contribution in [3.05, 3.63) is 24.0 Å². The van der Waals surface area contributed by atoms with E-state index in [9.17, 15) is 0 Å². The van der Waals surface area contributed by atoms with Crippen molar-refractivity contribution >= 4 is 11.8 Å². The zero-order valence-corrected chi connectivity index (χ0v) is 11.8. The lowest BCUT2D eigenvalue weighted by molar-refractivity contribution is 0.375. The minimum absolute atomic E-state index is 0.735. The summed E-state index contributed by atoms with van der Waals surface area (Å²) in [5, 5.41) is 4.62. The van der Waals surface area contributed by atoms with Gasteiger partial charge in [-0.3, -0.25) is 0 Å². The fraction of sp³-hybridized carbons (Fsp3) is 0.714. The minimum Gasteiger partial charge on any atom is -0.351 e. The first-order valence-corrected chi connectivity index (χ1v) is 8.02. The van der Waals surface area contributed by atoms with Crippen LogP contribution >= 0.6 is 11.8 Å². The molecular weight excluding hydrogens is 228 g/mol. The molecule has 0 atom stereocenters. The number of aryl methyl sites for hydroxylation is 1. The number of aromatic nitrogens is 1. The lowest BCUT2D eigenvalue weighted by atomic mass is 9.95. The highest BCUT2D eigenvalue weighted by Crippen LogP contribution is 2.26. The Labute approximate surface area is 109 Å². The topological polar surface area (TPSA) is 17.0 Å². The quantitative estimate of drug-likeness (QED) is 0.866. The molecule has 0 spiro atoms. The molecule has 96 valence electrons. The molecule has 0 saturated heterocycles. The van der Waals surface area contributed by atoms with E-state index < -0.39 is 0 Å². The lowest BCUT2D eigenvalue weighted by Crippen LogP contribution is -2.33. The van der Waals surface area contributed by atoms with Crippen LogP contribution in [0.15, 0.2) is 18.3 Å². The Balaban J connectivity index is 1.76. The van der Waals surface area contributed by atoms with Crippen molar-refractivity contribution in [2.75, 3.05) is 6.26 Å². The smallest absolute Gasteiger partial charge is 0.0361 e. The molecule has 1 aromatic heterocycles. The van der Waals surface area contributed by atoms with Gasteiger partial charge in [0.05, 0.1) is 0 Å². The monoisotopic (exact) mass is 252 g/mol. The molecule has 1 heterocycles. The summed E-state index contributed by atoms with van der Waals surface area (Å²) in [7, 11) is 0. The molecule has 1 saturated carbocycles. The van der Waals surface area contributed by atoms with Crippen molar-refractivity contribution in [1.82, 2.24) is 9.88 Å². The van der Waals surface area contributed by atoms with Gasteiger partial charge in [-0.2, -0.15) is 11.8 Å². The van der Waals surface area contributed by atoms with Crippen LogP contribution < -0.4 is 5.32 Å². The summed E-state index contributed by atoms with van der Waals surface area (Å²) >= 11 is 2.04. The Kier molecular flexibility index (Phi) is 4.99. The lowest BCUT2D eigenvalue weighted by Gasteiger charge is -2.28. The fourth-order valence-corrected chi connectivity index (χ4v) is 3.41. The van der Waals surface area contributed by atoms with E-state index in [0.717, 1.165) is 24.4 Å². The van der Waals surface area contributed by atoms with Gasteiger partial charge in [0.1, 0.15) is 0 Å². The SMILES string of the molecule is CCn1cccc1CNC1CCC(SC)CC1. The molecule has 2 nitrogen and oxygen atoms in total. The van der Waals surface area contributed by atoms with E-state index in [-0.39, 0.29) is 0 Å². The number of rotatable bonds is 5. The van der Waals surface area contributed by atoms with E-state index in [4.69, 9.17) is 0 Å². The second-order valence-electron chi connectivity index (χ2n) is 4.88. The summed E-state index contributed by atoms with van der Waals surface area (Å²) in [5.74, 6) is 0. The van der Waals surface area contributed by atoms with Crippen LogP contribution in [0.2, 0.25) is 0 Å². The summed E-state index contributed by atoms with van der Waals surface area (Å²) in [6.07, 6.45) is 9.87. The summed E-state index contributed by atoms with van der Waals surface area (Å²) in [6, 6.07) is 5.11. The molecule has 0 radical (unpaired) electrons. The van der Waals surface area contributed by atoms with E-state index >= 15 is 0 Å². The van der Waals surface area contributed by atoms with Gasteiger partial charge in [0.2, 0.25) is 0 Å². The fourth-order valence-electron chi connectivity index (χ4n) is 2.67. The van der Waals surface area contributed by atoms with Crippen molar-refractivity contribution in [2.24, 2.45) is 0 Å². The summed E-state index contributed by atoms with van der Waals surface area (Å²) in [5.41, 5.74) is 1.42. The predicted molar refractivity (Wildman–Crippen MR) is 76.5 cm³/mol. The van der Waals surface area contributed by atoms with Crippen LogP contribution in [0.4, 0.5) is 0 Å². The van der Waals surface area contributed by atoms with Crippen LogP contribution in [-0.4, -0.2) is 22.1 Å². The van der Waals surface area contributed by atoms with Crippen LogP contribution in [0.25, 0.3) is 0 Å². The molecule has 2 rings (SSSR count). The van der Waals surface area contributed by atoms with Gasteiger partial charge in [0.25, 0.3) is 0 Å². The van der Waals surface area contributed by atoms with E-state index in [2.05, 4.69) is 41.4 Å². The first-order valence-electron chi connectivity index (χ1n) is 6.73. The number of nitrogens with one attached hydrogen (secondary N) is 1.